The third-order valence-corrected chi connectivity index (χ3v) is 5.94. The smallest absolute Gasteiger partial charge is 0.291 e. The molecule has 0 N–H and O–H groups in total. The zero-order chi connectivity index (χ0) is 18.1. The van der Waals surface area contributed by atoms with Gasteiger partial charge < -0.3 is 4.43 Å². The van der Waals surface area contributed by atoms with E-state index in [2.05, 4.69) is 20.8 Å². The van der Waals surface area contributed by atoms with Crippen LogP contribution in [0.3, 0.4) is 0 Å². The van der Waals surface area contributed by atoms with E-state index in [4.69, 9.17) is 4.43 Å². The Balaban J connectivity index is 4.53. The van der Waals surface area contributed by atoms with Gasteiger partial charge in [-0.05, 0) is 31.1 Å². The molecule has 0 fully saturated rings. The van der Waals surface area contributed by atoms with Crippen LogP contribution < -0.4 is 0 Å². The maximum absolute atomic E-state index is 11.7. The van der Waals surface area contributed by atoms with Crippen LogP contribution >= 0.6 is 0 Å². The number of carbonyl (C=O) groups is 1. The molecule has 0 aliphatic heterocycles. The minimum atomic E-state index is 0.0270. The molecule has 3 heteroatoms. The fourth-order valence-corrected chi connectivity index (χ4v) is 4.16. The van der Waals surface area contributed by atoms with E-state index in [1.165, 1.54) is 89.9 Å². The zero-order valence-electron chi connectivity index (χ0n) is 17.1. The predicted molar refractivity (Wildman–Crippen MR) is 109 cm³/mol. The van der Waals surface area contributed by atoms with Crippen molar-refractivity contribution in [2.45, 2.75) is 124 Å². The van der Waals surface area contributed by atoms with Crippen LogP contribution in [0, 0.1) is 5.41 Å². The first-order chi connectivity index (χ1) is 11.6. The lowest BCUT2D eigenvalue weighted by Crippen LogP contribution is -2.23. The van der Waals surface area contributed by atoms with Crippen LogP contribution in [0.5, 0.6) is 0 Å². The third-order valence-electron chi connectivity index (χ3n) is 5.49. The maximum atomic E-state index is 11.7. The van der Waals surface area contributed by atoms with Gasteiger partial charge in [0.15, 0.2) is 0 Å². The van der Waals surface area contributed by atoms with Gasteiger partial charge in [-0.2, -0.15) is 0 Å². The molecular formula is C21H44O2Si. The highest BCUT2D eigenvalue weighted by Gasteiger charge is 2.28. The molecule has 0 aromatic heterocycles. The lowest BCUT2D eigenvalue weighted by atomic mass is 9.71. The van der Waals surface area contributed by atoms with E-state index in [9.17, 15) is 4.79 Å². The van der Waals surface area contributed by atoms with Gasteiger partial charge in [-0.15, -0.1) is 0 Å². The minimum absolute atomic E-state index is 0.0270. The third kappa shape index (κ3) is 12.1. The monoisotopic (exact) mass is 356 g/mol. The van der Waals surface area contributed by atoms with Gasteiger partial charge >= 0.3 is 0 Å². The quantitative estimate of drug-likeness (QED) is 0.232. The summed E-state index contributed by atoms with van der Waals surface area (Å²) in [6, 6.07) is 0. The first-order valence-electron chi connectivity index (χ1n) is 10.7. The molecule has 0 heterocycles. The average molecular weight is 357 g/mol. The number of hydrogen-bond donors (Lipinski definition) is 0. The van der Waals surface area contributed by atoms with E-state index in [0.717, 1.165) is 6.42 Å². The van der Waals surface area contributed by atoms with Gasteiger partial charge in [0.1, 0.15) is 0 Å². The summed E-state index contributed by atoms with van der Waals surface area (Å²) in [6.07, 6.45) is 20.3. The molecule has 0 amide bonds. The predicted octanol–water partition coefficient (Wildman–Crippen LogP) is 6.10. The molecule has 0 aliphatic rings. The van der Waals surface area contributed by atoms with Gasteiger partial charge in [0.05, 0.1) is 0 Å². The summed E-state index contributed by atoms with van der Waals surface area (Å²) in [5, 5.41) is 0. The Morgan fingerprint density at radius 3 is 1.62 bits per heavy atom. The van der Waals surface area contributed by atoms with Crippen LogP contribution in [0.15, 0.2) is 0 Å². The lowest BCUT2D eigenvalue weighted by Gasteiger charge is -2.34. The summed E-state index contributed by atoms with van der Waals surface area (Å²) in [5.41, 5.74) is 0.392. The molecule has 0 aromatic carbocycles. The van der Waals surface area contributed by atoms with Crippen LogP contribution in [0.2, 0.25) is 0 Å². The Kier molecular flexibility index (Phi) is 16.0. The van der Waals surface area contributed by atoms with Crippen molar-refractivity contribution in [2.75, 3.05) is 0 Å². The highest BCUT2D eigenvalue weighted by molar-refractivity contribution is 6.05. The van der Waals surface area contributed by atoms with Gasteiger partial charge in [-0.3, -0.25) is 4.79 Å². The highest BCUT2D eigenvalue weighted by atomic mass is 28.2. The number of unbranched alkanes of at least 4 members (excludes halogenated alkanes) is 8. The van der Waals surface area contributed by atoms with Crippen molar-refractivity contribution in [2.24, 2.45) is 5.41 Å². The van der Waals surface area contributed by atoms with Crippen LogP contribution in [-0.2, 0) is 9.22 Å². The minimum Gasteiger partial charge on any atom is -0.529 e. The Morgan fingerprint density at radius 2 is 1.21 bits per heavy atom. The molecule has 0 aliphatic carbocycles. The Bertz CT molecular complexity index is 278. The summed E-state index contributed by atoms with van der Waals surface area (Å²) in [5.74, 6) is 0.0270. The molecule has 0 saturated heterocycles. The fraction of sp³-hybridized carbons (Fsp3) is 0.952. The van der Waals surface area contributed by atoms with Crippen molar-refractivity contribution in [3.63, 3.8) is 0 Å². The molecule has 0 saturated carbocycles. The first kappa shape index (κ1) is 23.7. The van der Waals surface area contributed by atoms with E-state index >= 15 is 0 Å². The molecule has 0 spiro atoms. The fourth-order valence-electron chi connectivity index (χ4n) is 3.96. The molecule has 0 radical (unpaired) electrons. The van der Waals surface area contributed by atoms with Gasteiger partial charge in [0.25, 0.3) is 5.97 Å². The molecule has 0 rings (SSSR count). The average Bonchev–Trinajstić information content (AvgIpc) is 2.59. The number of carbonyl (C=O) groups excluding carboxylic acids is 1. The summed E-state index contributed by atoms with van der Waals surface area (Å²) in [4.78, 5) is 11.7. The number of rotatable bonds is 17. The van der Waals surface area contributed by atoms with E-state index in [0.29, 0.717) is 22.3 Å². The summed E-state index contributed by atoms with van der Waals surface area (Å²) < 4.78 is 5.04. The summed E-state index contributed by atoms with van der Waals surface area (Å²) in [6.45, 7) is 6.85. The molecule has 0 unspecified atom stereocenters. The molecular weight excluding hydrogens is 312 g/mol. The van der Waals surface area contributed by atoms with E-state index in [1.54, 1.807) is 0 Å². The van der Waals surface area contributed by atoms with Crippen LogP contribution in [-0.4, -0.2) is 16.5 Å². The van der Waals surface area contributed by atoms with E-state index in [-0.39, 0.29) is 5.97 Å². The van der Waals surface area contributed by atoms with Crippen molar-refractivity contribution >= 4 is 16.5 Å². The largest absolute Gasteiger partial charge is 0.529 e. The van der Waals surface area contributed by atoms with Gasteiger partial charge in [-0.1, -0.05) is 91.4 Å². The van der Waals surface area contributed by atoms with Crippen molar-refractivity contribution in [1.29, 1.82) is 0 Å². The van der Waals surface area contributed by atoms with E-state index < -0.39 is 0 Å². The Labute approximate surface area is 155 Å². The lowest BCUT2D eigenvalue weighted by molar-refractivity contribution is -0.134. The molecule has 0 atom stereocenters. The normalized spacial score (nSPS) is 11.8. The highest BCUT2D eigenvalue weighted by Crippen LogP contribution is 2.41. The standard InChI is InChI=1S/C21H44O2Si/c1-4-7-9-11-13-17-21(16-6-3,19-15-20(22)23-24)18-14-12-10-8-5-2/h4-19H2,1-3,24H3. The Hall–Kier alpha value is -0.313. The summed E-state index contributed by atoms with van der Waals surface area (Å²) >= 11 is 0. The summed E-state index contributed by atoms with van der Waals surface area (Å²) in [7, 11) is 0.535. The van der Waals surface area contributed by atoms with Crippen molar-refractivity contribution in [3.05, 3.63) is 0 Å². The molecule has 0 bridgehead atoms. The number of hydrogen-bond acceptors (Lipinski definition) is 2. The zero-order valence-corrected chi connectivity index (χ0v) is 19.1. The van der Waals surface area contributed by atoms with Crippen LogP contribution in [0.4, 0.5) is 0 Å². The van der Waals surface area contributed by atoms with Crippen molar-refractivity contribution < 1.29 is 9.22 Å². The topological polar surface area (TPSA) is 26.3 Å². The second-order valence-corrected chi connectivity index (χ2v) is 8.06. The van der Waals surface area contributed by atoms with Crippen molar-refractivity contribution in [1.82, 2.24) is 0 Å². The molecule has 2 nitrogen and oxygen atoms in total. The molecule has 144 valence electrons. The second kappa shape index (κ2) is 16.2. The maximum Gasteiger partial charge on any atom is 0.291 e. The van der Waals surface area contributed by atoms with E-state index in [1.807, 2.05) is 0 Å². The SMILES string of the molecule is CCCCCCCC(CCC)(CCCCCCC)CCC(=O)O[SiH3]. The molecule has 0 aromatic rings. The molecule has 24 heavy (non-hydrogen) atoms. The van der Waals surface area contributed by atoms with Crippen LogP contribution in [0.1, 0.15) is 124 Å². The Morgan fingerprint density at radius 1 is 0.708 bits per heavy atom. The van der Waals surface area contributed by atoms with Crippen molar-refractivity contribution in [3.8, 4) is 0 Å². The van der Waals surface area contributed by atoms with Crippen LogP contribution in [0.25, 0.3) is 0 Å². The van der Waals surface area contributed by atoms with Gasteiger partial charge in [-0.25, -0.2) is 0 Å². The first-order valence-corrected chi connectivity index (χ1v) is 11.5. The van der Waals surface area contributed by atoms with Gasteiger partial charge in [0, 0.05) is 6.42 Å². The van der Waals surface area contributed by atoms with Gasteiger partial charge in [0.2, 0.25) is 10.5 Å². The second-order valence-electron chi connectivity index (χ2n) is 7.65.